The van der Waals surface area contributed by atoms with E-state index in [2.05, 4.69) is 35.9 Å². The van der Waals surface area contributed by atoms with Crippen LogP contribution in [-0.4, -0.2) is 23.1 Å². The van der Waals surface area contributed by atoms with Crippen LogP contribution in [0, 0.1) is 0 Å². The van der Waals surface area contributed by atoms with Crippen LogP contribution in [0.25, 0.3) is 0 Å². The lowest BCUT2D eigenvalue weighted by Gasteiger charge is -2.16. The van der Waals surface area contributed by atoms with Crippen molar-refractivity contribution in [2.75, 3.05) is 5.75 Å². The van der Waals surface area contributed by atoms with Crippen molar-refractivity contribution in [3.05, 3.63) is 12.4 Å². The molecule has 3 heteroatoms. The highest BCUT2D eigenvalue weighted by Gasteiger charge is 2.40. The first-order valence-electron chi connectivity index (χ1n) is 5.15. The molecule has 2 rings (SSSR count). The first-order chi connectivity index (χ1) is 6.31. The van der Waals surface area contributed by atoms with Gasteiger partial charge in [-0.2, -0.15) is 11.8 Å². The van der Waals surface area contributed by atoms with Crippen molar-refractivity contribution in [3.63, 3.8) is 0 Å². The maximum atomic E-state index is 3.92. The summed E-state index contributed by atoms with van der Waals surface area (Å²) in [6.45, 7) is 6.18. The summed E-state index contributed by atoms with van der Waals surface area (Å²) in [6.07, 6.45) is 4.02. The Morgan fingerprint density at radius 1 is 1.54 bits per heavy atom. The second-order valence-electron chi connectivity index (χ2n) is 3.91. The normalized spacial score (nSPS) is 37.0. The number of hydrogen-bond donors (Lipinski definition) is 2. The van der Waals surface area contributed by atoms with Crippen LogP contribution in [-0.2, 0) is 0 Å². The van der Waals surface area contributed by atoms with Crippen LogP contribution >= 0.6 is 11.8 Å². The fourth-order valence-electron chi connectivity index (χ4n) is 2.15. The maximum Gasteiger partial charge on any atom is 0.0918 e. The lowest BCUT2D eigenvalue weighted by Crippen LogP contribution is -2.36. The summed E-state index contributed by atoms with van der Waals surface area (Å²) in [5.41, 5.74) is 0. The van der Waals surface area contributed by atoms with Crippen molar-refractivity contribution in [3.8, 4) is 0 Å². The van der Waals surface area contributed by atoms with E-state index < -0.39 is 0 Å². The smallest absolute Gasteiger partial charge is 0.0918 e. The maximum absolute atomic E-state index is 3.92. The molecule has 0 saturated carbocycles. The quantitative estimate of drug-likeness (QED) is 0.721. The summed E-state index contributed by atoms with van der Waals surface area (Å²) < 4.78 is 0. The van der Waals surface area contributed by atoms with Crippen molar-refractivity contribution in [2.45, 2.75) is 43.5 Å². The highest BCUT2D eigenvalue weighted by atomic mass is 32.2. The van der Waals surface area contributed by atoms with Gasteiger partial charge in [-0.05, 0) is 6.42 Å². The fourth-order valence-corrected chi connectivity index (χ4v) is 3.70. The lowest BCUT2D eigenvalue weighted by molar-refractivity contribution is 0.520. The van der Waals surface area contributed by atoms with Crippen molar-refractivity contribution < 1.29 is 0 Å². The molecule has 0 bridgehead atoms. The van der Waals surface area contributed by atoms with Gasteiger partial charge < -0.3 is 10.6 Å². The van der Waals surface area contributed by atoms with Gasteiger partial charge in [0.2, 0.25) is 0 Å². The molecule has 2 aliphatic rings. The van der Waals surface area contributed by atoms with E-state index in [1.807, 2.05) is 0 Å². The number of rotatable bonds is 3. The number of hydrogen-bond acceptors (Lipinski definition) is 3. The van der Waals surface area contributed by atoms with Gasteiger partial charge in [0.05, 0.1) is 17.9 Å². The summed E-state index contributed by atoms with van der Waals surface area (Å²) in [5, 5.41) is 7.65. The molecule has 0 aromatic carbocycles. The highest BCUT2D eigenvalue weighted by molar-refractivity contribution is 8.00. The standard InChI is InChI=1S/C10H18N2S/c1-3-4-5-9-10-8(6-13-9)11-7(2)12-10/h8-12H,2-6H2,1H3. The molecule has 2 saturated heterocycles. The molecule has 0 amide bonds. The van der Waals surface area contributed by atoms with Crippen LogP contribution in [0.4, 0.5) is 0 Å². The van der Waals surface area contributed by atoms with Gasteiger partial charge in [-0.1, -0.05) is 26.3 Å². The summed E-state index contributed by atoms with van der Waals surface area (Å²) in [6, 6.07) is 1.28. The van der Waals surface area contributed by atoms with Crippen LogP contribution in [0.3, 0.4) is 0 Å². The summed E-state index contributed by atoms with van der Waals surface area (Å²) in [7, 11) is 0. The molecule has 2 heterocycles. The zero-order valence-electron chi connectivity index (χ0n) is 8.18. The van der Waals surface area contributed by atoms with E-state index in [1.54, 1.807) is 0 Å². The van der Waals surface area contributed by atoms with Crippen molar-refractivity contribution >= 4 is 11.8 Å². The van der Waals surface area contributed by atoms with Crippen LogP contribution in [0.2, 0.25) is 0 Å². The fraction of sp³-hybridized carbons (Fsp3) is 0.800. The third kappa shape index (κ3) is 1.80. The van der Waals surface area contributed by atoms with E-state index in [1.165, 1.54) is 25.0 Å². The van der Waals surface area contributed by atoms with Gasteiger partial charge in [0.25, 0.3) is 0 Å². The Labute approximate surface area is 84.5 Å². The molecule has 0 aromatic heterocycles. The third-order valence-electron chi connectivity index (χ3n) is 2.87. The monoisotopic (exact) mass is 198 g/mol. The van der Waals surface area contributed by atoms with Gasteiger partial charge in [0.15, 0.2) is 0 Å². The van der Waals surface area contributed by atoms with Gasteiger partial charge >= 0.3 is 0 Å². The summed E-state index contributed by atoms with van der Waals surface area (Å²) in [4.78, 5) is 0. The molecule has 74 valence electrons. The van der Waals surface area contributed by atoms with Crippen LogP contribution in [0.1, 0.15) is 26.2 Å². The van der Waals surface area contributed by atoms with Crippen molar-refractivity contribution in [1.29, 1.82) is 0 Å². The molecule has 2 nitrogen and oxygen atoms in total. The molecule has 0 radical (unpaired) electrons. The summed E-state index contributed by atoms with van der Waals surface area (Å²) in [5.74, 6) is 2.27. The van der Waals surface area contributed by atoms with E-state index in [-0.39, 0.29) is 0 Å². The van der Waals surface area contributed by atoms with E-state index >= 15 is 0 Å². The van der Waals surface area contributed by atoms with Crippen LogP contribution in [0.5, 0.6) is 0 Å². The third-order valence-corrected chi connectivity index (χ3v) is 4.38. The SMILES string of the molecule is C=C1NC2CSC(CCCC)C2N1. The van der Waals surface area contributed by atoms with Crippen LogP contribution < -0.4 is 10.6 Å². The number of fused-ring (bicyclic) bond motifs is 1. The predicted molar refractivity (Wildman–Crippen MR) is 58.8 cm³/mol. The Morgan fingerprint density at radius 2 is 2.38 bits per heavy atom. The van der Waals surface area contributed by atoms with Gasteiger partial charge in [-0.15, -0.1) is 0 Å². The minimum atomic E-state index is 0.638. The first-order valence-corrected chi connectivity index (χ1v) is 6.19. The molecule has 13 heavy (non-hydrogen) atoms. The predicted octanol–water partition coefficient (Wildman–Crippen LogP) is 1.69. The average molecular weight is 198 g/mol. The Bertz CT molecular complexity index is 205. The van der Waals surface area contributed by atoms with Gasteiger partial charge in [-0.3, -0.25) is 0 Å². The van der Waals surface area contributed by atoms with E-state index in [0.717, 1.165) is 11.1 Å². The molecular formula is C10H18N2S. The molecule has 0 aromatic rings. The first kappa shape index (κ1) is 9.25. The Balaban J connectivity index is 1.89. The number of thioether (sulfide) groups is 1. The summed E-state index contributed by atoms with van der Waals surface area (Å²) >= 11 is 2.11. The van der Waals surface area contributed by atoms with Crippen molar-refractivity contribution in [1.82, 2.24) is 10.6 Å². The second-order valence-corrected chi connectivity index (χ2v) is 5.19. The topological polar surface area (TPSA) is 24.1 Å². The number of unbranched alkanes of at least 4 members (excludes halogenated alkanes) is 1. The largest absolute Gasteiger partial charge is 0.367 e. The average Bonchev–Trinajstić information content (AvgIpc) is 2.61. The Morgan fingerprint density at radius 3 is 3.15 bits per heavy atom. The molecule has 2 fully saturated rings. The second kappa shape index (κ2) is 3.82. The molecular weight excluding hydrogens is 180 g/mol. The van der Waals surface area contributed by atoms with Gasteiger partial charge in [-0.25, -0.2) is 0 Å². The Kier molecular flexibility index (Phi) is 2.72. The molecule has 2 N–H and O–H groups in total. The van der Waals surface area contributed by atoms with E-state index in [9.17, 15) is 0 Å². The van der Waals surface area contributed by atoms with E-state index in [0.29, 0.717) is 12.1 Å². The molecule has 2 aliphatic heterocycles. The van der Waals surface area contributed by atoms with E-state index in [4.69, 9.17) is 0 Å². The highest BCUT2D eigenvalue weighted by Crippen LogP contribution is 2.33. The van der Waals surface area contributed by atoms with Crippen molar-refractivity contribution in [2.24, 2.45) is 0 Å². The van der Waals surface area contributed by atoms with Crippen LogP contribution in [0.15, 0.2) is 12.4 Å². The molecule has 0 spiro atoms. The zero-order chi connectivity index (χ0) is 9.26. The lowest BCUT2D eigenvalue weighted by atomic mass is 10.0. The zero-order valence-corrected chi connectivity index (χ0v) is 8.99. The minimum Gasteiger partial charge on any atom is -0.367 e. The molecule has 3 atom stereocenters. The molecule has 3 unspecified atom stereocenters. The molecule has 0 aliphatic carbocycles. The number of nitrogens with one attached hydrogen (secondary N) is 2. The van der Waals surface area contributed by atoms with Gasteiger partial charge in [0, 0.05) is 11.0 Å². The Hall–Kier alpha value is -0.310. The minimum absolute atomic E-state index is 0.638. The van der Waals surface area contributed by atoms with Gasteiger partial charge in [0.1, 0.15) is 0 Å².